The highest BCUT2D eigenvalue weighted by Gasteiger charge is 2.18. The summed E-state index contributed by atoms with van der Waals surface area (Å²) < 4.78 is 52.1. The molecule has 0 amide bonds. The van der Waals surface area contributed by atoms with E-state index in [1.807, 2.05) is 0 Å². The van der Waals surface area contributed by atoms with Gasteiger partial charge in [-0.3, -0.25) is 0 Å². The fourth-order valence-corrected chi connectivity index (χ4v) is 1.55. The molecule has 0 heterocycles. The van der Waals surface area contributed by atoms with Crippen LogP contribution in [-0.4, -0.2) is 5.67 Å². The van der Waals surface area contributed by atoms with E-state index in [1.165, 1.54) is 38.2 Å². The zero-order chi connectivity index (χ0) is 15.8. The minimum Gasteiger partial charge on any atom is -0.239 e. The van der Waals surface area contributed by atoms with E-state index in [0.717, 1.165) is 0 Å². The van der Waals surface area contributed by atoms with Crippen molar-refractivity contribution in [3.8, 4) is 0 Å². The van der Waals surface area contributed by atoms with Crippen molar-refractivity contribution in [2.45, 2.75) is 39.8 Å². The first-order valence-corrected chi connectivity index (χ1v) is 6.29. The lowest BCUT2D eigenvalue weighted by molar-refractivity contribution is 0.261. The second kappa shape index (κ2) is 8.56. The zero-order valence-electron chi connectivity index (χ0n) is 12.2. The molecule has 0 spiro atoms. The van der Waals surface area contributed by atoms with E-state index in [2.05, 4.69) is 0 Å². The molecule has 0 aromatic heterocycles. The first-order valence-electron chi connectivity index (χ1n) is 6.29. The Morgan fingerprint density at radius 3 is 2.15 bits per heavy atom. The van der Waals surface area contributed by atoms with Gasteiger partial charge >= 0.3 is 6.08 Å². The molecule has 0 rings (SSSR count). The van der Waals surface area contributed by atoms with Gasteiger partial charge in [0.2, 0.25) is 0 Å². The summed E-state index contributed by atoms with van der Waals surface area (Å²) in [5, 5.41) is 0. The molecule has 0 aliphatic rings. The van der Waals surface area contributed by atoms with Gasteiger partial charge in [-0.2, -0.15) is 8.78 Å². The number of alkyl halides is 1. The lowest BCUT2D eigenvalue weighted by Gasteiger charge is -2.14. The average molecular weight is 288 g/mol. The minimum atomic E-state index is -2.38. The van der Waals surface area contributed by atoms with E-state index in [9.17, 15) is 17.6 Å². The van der Waals surface area contributed by atoms with Crippen LogP contribution in [0.2, 0.25) is 0 Å². The number of hydrogen-bond donors (Lipinski definition) is 0. The molecular formula is C16H20F4. The molecular weight excluding hydrogens is 268 g/mol. The van der Waals surface area contributed by atoms with Gasteiger partial charge in [0, 0.05) is 12.0 Å². The third-order valence-corrected chi connectivity index (χ3v) is 2.60. The second-order valence-electron chi connectivity index (χ2n) is 4.55. The first-order chi connectivity index (χ1) is 9.25. The van der Waals surface area contributed by atoms with Crippen LogP contribution in [0.4, 0.5) is 17.6 Å². The van der Waals surface area contributed by atoms with E-state index in [4.69, 9.17) is 0 Å². The van der Waals surface area contributed by atoms with Crippen LogP contribution in [0.1, 0.15) is 34.1 Å². The third kappa shape index (κ3) is 6.55. The normalized spacial score (nSPS) is 16.8. The van der Waals surface area contributed by atoms with Gasteiger partial charge in [-0.25, -0.2) is 8.78 Å². The summed E-state index contributed by atoms with van der Waals surface area (Å²) in [6.45, 7) is 6.22. The predicted octanol–water partition coefficient (Wildman–Crippen LogP) is 6.21. The summed E-state index contributed by atoms with van der Waals surface area (Å²) in [5.74, 6) is -1.58. The predicted molar refractivity (Wildman–Crippen MR) is 75.9 cm³/mol. The van der Waals surface area contributed by atoms with Crippen LogP contribution in [0.5, 0.6) is 0 Å². The van der Waals surface area contributed by atoms with Crippen molar-refractivity contribution in [2.24, 2.45) is 0 Å². The molecule has 0 nitrogen and oxygen atoms in total. The third-order valence-electron chi connectivity index (χ3n) is 2.60. The lowest BCUT2D eigenvalue weighted by atomic mass is 9.98. The molecule has 112 valence electrons. The van der Waals surface area contributed by atoms with Crippen LogP contribution in [0.15, 0.2) is 59.5 Å². The Hall–Kier alpha value is -1.58. The summed E-state index contributed by atoms with van der Waals surface area (Å²) in [7, 11) is 0. The number of rotatable bonds is 6. The van der Waals surface area contributed by atoms with E-state index in [-0.39, 0.29) is 17.6 Å². The average Bonchev–Trinajstić information content (AvgIpc) is 2.36. The largest absolute Gasteiger partial charge is 0.306 e. The Morgan fingerprint density at radius 2 is 1.70 bits per heavy atom. The van der Waals surface area contributed by atoms with Crippen LogP contribution in [0.25, 0.3) is 0 Å². The maximum Gasteiger partial charge on any atom is 0.306 e. The van der Waals surface area contributed by atoms with Crippen molar-refractivity contribution in [1.29, 1.82) is 0 Å². The summed E-state index contributed by atoms with van der Waals surface area (Å²) >= 11 is 0. The van der Waals surface area contributed by atoms with Gasteiger partial charge in [-0.1, -0.05) is 36.5 Å². The maximum absolute atomic E-state index is 13.9. The standard InChI is InChI=1S/C16H20F4/c1-5-7-8-13(14(17)15(18)19)12(3)9-11-16(4,20)10-6-2/h5-10H,11H2,1-4H3/b7-5-,10-6+,12-9+,13-8+. The van der Waals surface area contributed by atoms with Crippen molar-refractivity contribution in [2.75, 3.05) is 0 Å². The number of allylic oxidation sites excluding steroid dienone is 9. The van der Waals surface area contributed by atoms with Crippen molar-refractivity contribution in [3.05, 3.63) is 59.5 Å². The van der Waals surface area contributed by atoms with Crippen LogP contribution in [0.3, 0.4) is 0 Å². The smallest absolute Gasteiger partial charge is 0.239 e. The number of hydrogen-bond acceptors (Lipinski definition) is 0. The van der Waals surface area contributed by atoms with Crippen LogP contribution < -0.4 is 0 Å². The van der Waals surface area contributed by atoms with Gasteiger partial charge in [0.1, 0.15) is 5.67 Å². The van der Waals surface area contributed by atoms with E-state index in [0.29, 0.717) is 0 Å². The SMILES string of the molecule is C\C=C/C=C(C(F)=C(F)F)\C(C)=C\CC(C)(F)/C=C/C. The fourth-order valence-electron chi connectivity index (χ4n) is 1.55. The zero-order valence-corrected chi connectivity index (χ0v) is 12.2. The van der Waals surface area contributed by atoms with E-state index >= 15 is 0 Å². The number of halogens is 4. The van der Waals surface area contributed by atoms with Gasteiger partial charge in [0.15, 0.2) is 5.83 Å². The molecule has 4 heteroatoms. The molecule has 0 aromatic carbocycles. The van der Waals surface area contributed by atoms with Gasteiger partial charge in [0.05, 0.1) is 0 Å². The molecule has 0 radical (unpaired) electrons. The van der Waals surface area contributed by atoms with Crippen molar-refractivity contribution in [3.63, 3.8) is 0 Å². The molecule has 0 aliphatic heterocycles. The Morgan fingerprint density at radius 1 is 1.10 bits per heavy atom. The molecule has 0 aliphatic carbocycles. The Balaban J connectivity index is 5.37. The van der Waals surface area contributed by atoms with Crippen LogP contribution in [-0.2, 0) is 0 Å². The van der Waals surface area contributed by atoms with Crippen molar-refractivity contribution >= 4 is 0 Å². The molecule has 1 atom stereocenters. The molecule has 0 fully saturated rings. The summed E-state index contributed by atoms with van der Waals surface area (Å²) in [4.78, 5) is 0. The molecule has 0 saturated carbocycles. The van der Waals surface area contributed by atoms with Gasteiger partial charge in [0.25, 0.3) is 0 Å². The molecule has 0 saturated heterocycles. The monoisotopic (exact) mass is 288 g/mol. The van der Waals surface area contributed by atoms with Gasteiger partial charge < -0.3 is 0 Å². The van der Waals surface area contributed by atoms with Gasteiger partial charge in [-0.15, -0.1) is 0 Å². The highest BCUT2D eigenvalue weighted by Crippen LogP contribution is 2.27. The van der Waals surface area contributed by atoms with Crippen LogP contribution >= 0.6 is 0 Å². The van der Waals surface area contributed by atoms with E-state index in [1.54, 1.807) is 26.0 Å². The first kappa shape index (κ1) is 18.4. The molecule has 0 bridgehead atoms. The summed E-state index contributed by atoms with van der Waals surface area (Å²) in [6.07, 6.45) is 6.24. The molecule has 1 unspecified atom stereocenters. The Kier molecular flexibility index (Phi) is 7.89. The van der Waals surface area contributed by atoms with Gasteiger partial charge in [-0.05, 0) is 33.3 Å². The highest BCUT2D eigenvalue weighted by molar-refractivity contribution is 5.44. The molecule has 20 heavy (non-hydrogen) atoms. The topological polar surface area (TPSA) is 0 Å². The molecule has 0 N–H and O–H groups in total. The molecule has 0 aromatic rings. The fraction of sp³-hybridized carbons (Fsp3) is 0.375. The van der Waals surface area contributed by atoms with Crippen molar-refractivity contribution < 1.29 is 17.6 Å². The lowest BCUT2D eigenvalue weighted by Crippen LogP contribution is -2.12. The Labute approximate surface area is 117 Å². The summed E-state index contributed by atoms with van der Waals surface area (Å²) in [5.41, 5.74) is -1.56. The second-order valence-corrected chi connectivity index (χ2v) is 4.55. The quantitative estimate of drug-likeness (QED) is 0.310. The van der Waals surface area contributed by atoms with Crippen molar-refractivity contribution in [1.82, 2.24) is 0 Å². The Bertz CT molecular complexity index is 459. The minimum absolute atomic E-state index is 0.0163. The summed E-state index contributed by atoms with van der Waals surface area (Å²) in [6, 6.07) is 0. The highest BCUT2D eigenvalue weighted by atomic mass is 19.3. The maximum atomic E-state index is 13.9. The van der Waals surface area contributed by atoms with E-state index < -0.39 is 17.6 Å². The van der Waals surface area contributed by atoms with Crippen LogP contribution in [0, 0.1) is 0 Å².